The van der Waals surface area contributed by atoms with E-state index in [9.17, 15) is 14.4 Å². The minimum Gasteiger partial charge on any atom is -0.465 e. The molecule has 0 unspecified atom stereocenters. The van der Waals surface area contributed by atoms with Crippen LogP contribution in [0.2, 0.25) is 0 Å². The predicted molar refractivity (Wildman–Crippen MR) is 130 cm³/mol. The van der Waals surface area contributed by atoms with Crippen LogP contribution in [-0.2, 0) is 29.0 Å². The van der Waals surface area contributed by atoms with Gasteiger partial charge in [-0.1, -0.05) is 36.4 Å². The molecule has 176 valence electrons. The Morgan fingerprint density at radius 1 is 1.00 bits per heavy atom. The summed E-state index contributed by atoms with van der Waals surface area (Å²) in [5.74, 6) is -0.435. The van der Waals surface area contributed by atoms with Gasteiger partial charge >= 0.3 is 12.1 Å². The number of ether oxygens (including phenoxy) is 2. The van der Waals surface area contributed by atoms with E-state index < -0.39 is 5.97 Å². The molecule has 4 aromatic rings. The van der Waals surface area contributed by atoms with Gasteiger partial charge in [-0.3, -0.25) is 4.79 Å². The maximum absolute atomic E-state index is 12.7. The largest absolute Gasteiger partial charge is 0.465 e. The van der Waals surface area contributed by atoms with E-state index in [1.165, 1.54) is 7.11 Å². The Balaban J connectivity index is 1.44. The number of esters is 1. The van der Waals surface area contributed by atoms with Crippen LogP contribution < -0.4 is 0 Å². The summed E-state index contributed by atoms with van der Waals surface area (Å²) >= 11 is 0. The number of benzene rings is 2. The van der Waals surface area contributed by atoms with Gasteiger partial charge in [-0.2, -0.15) is 0 Å². The van der Waals surface area contributed by atoms with Crippen LogP contribution in [0.1, 0.15) is 37.4 Å². The Kier molecular flexibility index (Phi) is 6.06. The Bertz CT molecular complexity index is 1420. The second-order valence-corrected chi connectivity index (χ2v) is 8.43. The minimum absolute atomic E-state index is 0.214. The Morgan fingerprint density at radius 2 is 1.80 bits per heavy atom. The quantitative estimate of drug-likeness (QED) is 0.308. The minimum atomic E-state index is -0.435. The standard InChI is InChI=1S/C28H24N2O5/c1-34-27(32)24-15-26(30-11-6-5-9-25(24)30)23-14-20-10-12-29(16-21(20)13-22(23)17-31)28(33)35-18-19-7-3-2-4-8-19/h2-9,11,13-15,17H,10,12,16,18H2,1H3. The van der Waals surface area contributed by atoms with Crippen LogP contribution in [0.15, 0.2) is 72.9 Å². The van der Waals surface area contributed by atoms with E-state index in [1.807, 2.05) is 71.3 Å². The summed E-state index contributed by atoms with van der Waals surface area (Å²) < 4.78 is 12.3. The van der Waals surface area contributed by atoms with Crippen LogP contribution >= 0.6 is 0 Å². The molecule has 0 radical (unpaired) electrons. The first-order chi connectivity index (χ1) is 17.1. The van der Waals surface area contributed by atoms with E-state index in [2.05, 4.69) is 0 Å². The second kappa shape index (κ2) is 9.46. The average Bonchev–Trinajstić information content (AvgIpc) is 3.30. The van der Waals surface area contributed by atoms with Crippen LogP contribution in [-0.4, -0.2) is 41.3 Å². The van der Waals surface area contributed by atoms with Crippen LogP contribution in [0.5, 0.6) is 0 Å². The summed E-state index contributed by atoms with van der Waals surface area (Å²) in [6.45, 7) is 1.10. The lowest BCUT2D eigenvalue weighted by Gasteiger charge is -2.29. The molecule has 0 atom stereocenters. The van der Waals surface area contributed by atoms with E-state index >= 15 is 0 Å². The molecule has 7 heteroatoms. The van der Waals surface area contributed by atoms with E-state index in [0.29, 0.717) is 36.2 Å². The van der Waals surface area contributed by atoms with Gasteiger partial charge in [0.25, 0.3) is 0 Å². The highest BCUT2D eigenvalue weighted by Gasteiger charge is 2.25. The molecule has 5 rings (SSSR count). The summed E-state index contributed by atoms with van der Waals surface area (Å²) in [6.07, 6.45) is 2.92. The Labute approximate surface area is 202 Å². The van der Waals surface area contributed by atoms with Gasteiger partial charge in [0.1, 0.15) is 6.61 Å². The van der Waals surface area contributed by atoms with Gasteiger partial charge in [-0.25, -0.2) is 9.59 Å². The van der Waals surface area contributed by atoms with Gasteiger partial charge in [0.2, 0.25) is 0 Å². The highest BCUT2D eigenvalue weighted by atomic mass is 16.6. The van der Waals surface area contributed by atoms with Crippen molar-refractivity contribution < 1.29 is 23.9 Å². The SMILES string of the molecule is COC(=O)c1cc(-c2cc3c(cc2C=O)CN(C(=O)OCc2ccccc2)CC3)n2ccccc12. The van der Waals surface area contributed by atoms with Crippen LogP contribution in [0.25, 0.3) is 16.8 Å². The van der Waals surface area contributed by atoms with Crippen molar-refractivity contribution in [3.05, 3.63) is 101 Å². The van der Waals surface area contributed by atoms with Crippen molar-refractivity contribution in [1.82, 2.24) is 9.30 Å². The molecule has 0 spiro atoms. The summed E-state index contributed by atoms with van der Waals surface area (Å²) in [5.41, 5.74) is 5.99. The smallest absolute Gasteiger partial charge is 0.410 e. The molecule has 0 saturated carbocycles. The number of nitrogens with zero attached hydrogens (tertiary/aromatic N) is 2. The zero-order chi connectivity index (χ0) is 24.4. The van der Waals surface area contributed by atoms with Crippen LogP contribution in [0.3, 0.4) is 0 Å². The third kappa shape index (κ3) is 4.28. The van der Waals surface area contributed by atoms with Gasteiger partial charge in [-0.15, -0.1) is 0 Å². The van der Waals surface area contributed by atoms with Crippen molar-refractivity contribution in [2.75, 3.05) is 13.7 Å². The maximum atomic E-state index is 12.7. The molecule has 0 N–H and O–H groups in total. The summed E-state index contributed by atoms with van der Waals surface area (Å²) in [4.78, 5) is 38.7. The molecule has 0 bridgehead atoms. The Hall–Kier alpha value is -4.39. The molecule has 0 fully saturated rings. The molecular weight excluding hydrogens is 444 g/mol. The molecule has 1 aliphatic rings. The number of hydrogen-bond acceptors (Lipinski definition) is 5. The number of aromatic nitrogens is 1. The number of carbonyl (C=O) groups excluding carboxylic acids is 3. The number of methoxy groups -OCH3 is 1. The molecule has 0 aliphatic carbocycles. The predicted octanol–water partition coefficient (Wildman–Crippen LogP) is 4.90. The number of aldehydes is 1. The number of amides is 1. The van der Waals surface area contributed by atoms with E-state index in [0.717, 1.165) is 34.2 Å². The van der Waals surface area contributed by atoms with Crippen LogP contribution in [0.4, 0.5) is 4.79 Å². The lowest BCUT2D eigenvalue weighted by atomic mass is 9.92. The van der Waals surface area contributed by atoms with Crippen molar-refractivity contribution in [2.45, 2.75) is 19.6 Å². The first-order valence-corrected chi connectivity index (χ1v) is 11.3. The number of fused-ring (bicyclic) bond motifs is 2. The number of pyridine rings is 1. The third-order valence-corrected chi connectivity index (χ3v) is 6.33. The van der Waals surface area contributed by atoms with Crippen LogP contribution in [0, 0.1) is 0 Å². The molecule has 1 amide bonds. The normalized spacial score (nSPS) is 12.8. The zero-order valence-corrected chi connectivity index (χ0v) is 19.3. The molecule has 2 aromatic carbocycles. The van der Waals surface area contributed by atoms with Gasteiger partial charge in [0.05, 0.1) is 23.9 Å². The number of rotatable bonds is 5. The number of hydrogen-bond donors (Lipinski definition) is 0. The Morgan fingerprint density at radius 3 is 2.57 bits per heavy atom. The third-order valence-electron chi connectivity index (χ3n) is 6.33. The van der Waals surface area contributed by atoms with Gasteiger partial charge in [0.15, 0.2) is 6.29 Å². The van der Waals surface area contributed by atoms with Crippen molar-refractivity contribution >= 4 is 23.9 Å². The monoisotopic (exact) mass is 468 g/mol. The highest BCUT2D eigenvalue weighted by Crippen LogP contribution is 2.33. The second-order valence-electron chi connectivity index (χ2n) is 8.43. The molecule has 0 saturated heterocycles. The van der Waals surface area contributed by atoms with E-state index in [-0.39, 0.29) is 12.7 Å². The van der Waals surface area contributed by atoms with Gasteiger partial charge < -0.3 is 18.8 Å². The molecule has 1 aliphatic heterocycles. The topological polar surface area (TPSA) is 77.3 Å². The first-order valence-electron chi connectivity index (χ1n) is 11.3. The fraction of sp³-hybridized carbons (Fsp3) is 0.179. The van der Waals surface area contributed by atoms with E-state index in [1.54, 1.807) is 11.0 Å². The van der Waals surface area contributed by atoms with Crippen molar-refractivity contribution in [3.8, 4) is 11.3 Å². The molecular formula is C28H24N2O5. The molecule has 2 aromatic heterocycles. The van der Waals surface area contributed by atoms with Gasteiger partial charge in [-0.05, 0) is 53.4 Å². The fourth-order valence-corrected chi connectivity index (χ4v) is 4.55. The summed E-state index contributed by atoms with van der Waals surface area (Å²) in [5, 5.41) is 0. The summed E-state index contributed by atoms with van der Waals surface area (Å²) in [6, 6.07) is 20.7. The first kappa shape index (κ1) is 22.4. The molecule has 3 heterocycles. The summed E-state index contributed by atoms with van der Waals surface area (Å²) in [7, 11) is 1.35. The number of carbonyl (C=O) groups is 3. The lowest BCUT2D eigenvalue weighted by Crippen LogP contribution is -2.36. The average molecular weight is 469 g/mol. The molecule has 35 heavy (non-hydrogen) atoms. The fourth-order valence-electron chi connectivity index (χ4n) is 4.55. The van der Waals surface area contributed by atoms with Gasteiger partial charge in [0, 0.05) is 30.4 Å². The van der Waals surface area contributed by atoms with Crippen molar-refractivity contribution in [2.24, 2.45) is 0 Å². The van der Waals surface area contributed by atoms with Crippen molar-refractivity contribution in [3.63, 3.8) is 0 Å². The van der Waals surface area contributed by atoms with E-state index in [4.69, 9.17) is 9.47 Å². The molecule has 7 nitrogen and oxygen atoms in total. The zero-order valence-electron chi connectivity index (χ0n) is 19.3. The maximum Gasteiger partial charge on any atom is 0.410 e. The van der Waals surface area contributed by atoms with Crippen molar-refractivity contribution in [1.29, 1.82) is 0 Å². The highest BCUT2D eigenvalue weighted by molar-refractivity contribution is 6.00. The lowest BCUT2D eigenvalue weighted by molar-refractivity contribution is 0.0603.